The normalized spacial score (nSPS) is 10.4. The van der Waals surface area contributed by atoms with Gasteiger partial charge in [0, 0.05) is 16.7 Å². The van der Waals surface area contributed by atoms with E-state index < -0.39 is 21.5 Å². The molecule has 27 heavy (non-hydrogen) atoms. The summed E-state index contributed by atoms with van der Waals surface area (Å²) < 4.78 is 5.44. The Morgan fingerprint density at radius 2 is 1.78 bits per heavy atom. The van der Waals surface area contributed by atoms with Crippen LogP contribution in [0.5, 0.6) is 5.75 Å². The molecule has 0 aromatic heterocycles. The lowest BCUT2D eigenvalue weighted by Gasteiger charge is -2.07. The average Bonchev–Trinajstić information content (AvgIpc) is 2.64. The molecule has 0 aliphatic carbocycles. The van der Waals surface area contributed by atoms with Gasteiger partial charge in [0.05, 0.1) is 22.3 Å². The number of benzene rings is 2. The molecule has 2 rings (SSSR count). The fourth-order valence-electron chi connectivity index (χ4n) is 1.93. The quantitative estimate of drug-likeness (QED) is 0.263. The molecule has 2 aromatic rings. The van der Waals surface area contributed by atoms with E-state index in [-0.39, 0.29) is 24.5 Å². The molecular weight excluding hydrogens is 396 g/mol. The van der Waals surface area contributed by atoms with Crippen molar-refractivity contribution in [2.75, 3.05) is 5.75 Å². The molecule has 0 radical (unpaired) electrons. The number of hydrogen-bond acceptors (Lipinski definition) is 8. The van der Waals surface area contributed by atoms with E-state index in [1.165, 1.54) is 27.7 Å². The van der Waals surface area contributed by atoms with E-state index in [0.29, 0.717) is 5.75 Å². The van der Waals surface area contributed by atoms with Crippen molar-refractivity contribution >= 4 is 38.9 Å². The standard InChI is InChI=1S/C16H14N2O7S2/c19-16(20)7-8-26-27-13-4-1-11(2-5-13)10-25-15-6-3-12(17(21)22)9-14(15)18(23)24/h1-6,9H,7-8,10H2,(H,19,20). The molecule has 0 aliphatic heterocycles. The number of rotatable bonds is 10. The van der Waals surface area contributed by atoms with Crippen molar-refractivity contribution in [2.24, 2.45) is 0 Å². The van der Waals surface area contributed by atoms with E-state index in [9.17, 15) is 25.0 Å². The van der Waals surface area contributed by atoms with Crippen molar-refractivity contribution in [1.82, 2.24) is 0 Å². The molecule has 142 valence electrons. The van der Waals surface area contributed by atoms with E-state index in [4.69, 9.17) is 9.84 Å². The summed E-state index contributed by atoms with van der Waals surface area (Å²) in [7, 11) is 2.89. The van der Waals surface area contributed by atoms with Gasteiger partial charge in [-0.3, -0.25) is 25.0 Å². The molecule has 2 aromatic carbocycles. The second kappa shape index (κ2) is 9.78. The van der Waals surface area contributed by atoms with Gasteiger partial charge < -0.3 is 9.84 Å². The van der Waals surface area contributed by atoms with E-state index in [1.54, 1.807) is 12.1 Å². The highest BCUT2D eigenvalue weighted by molar-refractivity contribution is 8.76. The van der Waals surface area contributed by atoms with Crippen LogP contribution in [0.15, 0.2) is 47.4 Å². The van der Waals surface area contributed by atoms with Crippen LogP contribution in [0, 0.1) is 20.2 Å². The van der Waals surface area contributed by atoms with Crippen LogP contribution < -0.4 is 4.74 Å². The smallest absolute Gasteiger partial charge is 0.317 e. The van der Waals surface area contributed by atoms with Crippen molar-refractivity contribution in [3.63, 3.8) is 0 Å². The third-order valence-corrected chi connectivity index (χ3v) is 5.61. The van der Waals surface area contributed by atoms with Crippen LogP contribution in [0.2, 0.25) is 0 Å². The first-order chi connectivity index (χ1) is 12.9. The first kappa shape index (κ1) is 20.5. The van der Waals surface area contributed by atoms with Crippen LogP contribution in [0.3, 0.4) is 0 Å². The predicted molar refractivity (Wildman–Crippen MR) is 101 cm³/mol. The van der Waals surface area contributed by atoms with Gasteiger partial charge in [-0.25, -0.2) is 0 Å². The Kier molecular flexibility index (Phi) is 7.44. The molecular formula is C16H14N2O7S2. The molecule has 1 N–H and O–H groups in total. The zero-order valence-corrected chi connectivity index (χ0v) is 15.4. The number of carboxylic acid groups (broad SMARTS) is 1. The third-order valence-electron chi connectivity index (χ3n) is 3.22. The van der Waals surface area contributed by atoms with E-state index in [0.717, 1.165) is 22.6 Å². The van der Waals surface area contributed by atoms with Crippen LogP contribution in [0.4, 0.5) is 11.4 Å². The highest BCUT2D eigenvalue weighted by Crippen LogP contribution is 2.33. The highest BCUT2D eigenvalue weighted by Gasteiger charge is 2.20. The van der Waals surface area contributed by atoms with Crippen LogP contribution in [-0.4, -0.2) is 26.7 Å². The van der Waals surface area contributed by atoms with Crippen molar-refractivity contribution in [3.8, 4) is 5.75 Å². The van der Waals surface area contributed by atoms with Crippen LogP contribution in [0.25, 0.3) is 0 Å². The van der Waals surface area contributed by atoms with Crippen molar-refractivity contribution in [3.05, 3.63) is 68.3 Å². The van der Waals surface area contributed by atoms with Crippen LogP contribution >= 0.6 is 21.6 Å². The molecule has 9 nitrogen and oxygen atoms in total. The number of nitrogens with zero attached hydrogens (tertiary/aromatic N) is 2. The number of hydrogen-bond donors (Lipinski definition) is 1. The fraction of sp³-hybridized carbons (Fsp3) is 0.188. The predicted octanol–water partition coefficient (Wildman–Crippen LogP) is 4.30. The van der Waals surface area contributed by atoms with Gasteiger partial charge in [0.15, 0.2) is 5.75 Å². The van der Waals surface area contributed by atoms with Gasteiger partial charge in [-0.05, 0) is 23.8 Å². The second-order valence-corrected chi connectivity index (χ2v) is 7.64. The Labute approximate surface area is 161 Å². The SMILES string of the molecule is O=C(O)CCSSc1ccc(COc2ccc([N+](=O)[O-])cc2[N+](=O)[O-])cc1. The third kappa shape index (κ3) is 6.46. The Morgan fingerprint density at radius 1 is 1.07 bits per heavy atom. The zero-order valence-electron chi connectivity index (χ0n) is 13.8. The number of nitro groups is 2. The summed E-state index contributed by atoms with van der Waals surface area (Å²) in [5, 5.41) is 30.4. The zero-order chi connectivity index (χ0) is 19.8. The number of carbonyl (C=O) groups is 1. The molecule has 0 amide bonds. The molecule has 0 heterocycles. The lowest BCUT2D eigenvalue weighted by molar-refractivity contribution is -0.394. The van der Waals surface area contributed by atoms with Gasteiger partial charge in [0.1, 0.15) is 6.61 Å². The van der Waals surface area contributed by atoms with Gasteiger partial charge in [-0.2, -0.15) is 0 Å². The molecule has 0 saturated heterocycles. The molecule has 0 fully saturated rings. The maximum absolute atomic E-state index is 11.1. The average molecular weight is 410 g/mol. The van der Waals surface area contributed by atoms with Crippen LogP contribution in [0.1, 0.15) is 12.0 Å². The van der Waals surface area contributed by atoms with E-state index in [1.807, 2.05) is 12.1 Å². The summed E-state index contributed by atoms with van der Waals surface area (Å²) in [5.41, 5.74) is -0.0791. The summed E-state index contributed by atoms with van der Waals surface area (Å²) in [6.07, 6.45) is 0.0948. The second-order valence-electron chi connectivity index (χ2n) is 5.15. The highest BCUT2D eigenvalue weighted by atomic mass is 33.1. The summed E-state index contributed by atoms with van der Waals surface area (Å²) >= 11 is 0. The number of ether oxygens (including phenoxy) is 1. The van der Waals surface area contributed by atoms with Crippen molar-refractivity contribution in [2.45, 2.75) is 17.9 Å². The van der Waals surface area contributed by atoms with Gasteiger partial charge in [-0.15, -0.1) is 0 Å². The monoisotopic (exact) mass is 410 g/mol. The summed E-state index contributed by atoms with van der Waals surface area (Å²) in [6, 6.07) is 10.5. The van der Waals surface area contributed by atoms with Crippen LogP contribution in [-0.2, 0) is 11.4 Å². The minimum absolute atomic E-state index is 0.0479. The molecule has 0 spiro atoms. The largest absolute Gasteiger partial charge is 0.482 e. The number of aliphatic carboxylic acids is 1. The van der Waals surface area contributed by atoms with Gasteiger partial charge >= 0.3 is 11.7 Å². The summed E-state index contributed by atoms with van der Waals surface area (Å²) in [6.45, 7) is 0.0652. The maximum Gasteiger partial charge on any atom is 0.317 e. The molecule has 0 atom stereocenters. The minimum atomic E-state index is -0.837. The molecule has 0 aliphatic rings. The van der Waals surface area contributed by atoms with Crippen molar-refractivity contribution in [1.29, 1.82) is 0 Å². The molecule has 0 saturated carbocycles. The van der Waals surface area contributed by atoms with E-state index in [2.05, 4.69) is 0 Å². The van der Waals surface area contributed by atoms with Gasteiger partial charge in [0.25, 0.3) is 5.69 Å². The maximum atomic E-state index is 11.1. The molecule has 0 bridgehead atoms. The Hall–Kier alpha value is -2.79. The fourth-order valence-corrected chi connectivity index (χ4v) is 3.89. The first-order valence-electron chi connectivity index (χ1n) is 7.52. The Balaban J connectivity index is 1.95. The summed E-state index contributed by atoms with van der Waals surface area (Å²) in [5.74, 6) is -0.390. The topological polar surface area (TPSA) is 133 Å². The number of carboxylic acids is 1. The minimum Gasteiger partial charge on any atom is -0.482 e. The Bertz CT molecular complexity index is 843. The Morgan fingerprint density at radius 3 is 2.37 bits per heavy atom. The lowest BCUT2D eigenvalue weighted by atomic mass is 10.2. The number of non-ortho nitro benzene ring substituents is 1. The molecule has 0 unspecified atom stereocenters. The van der Waals surface area contributed by atoms with E-state index >= 15 is 0 Å². The molecule has 11 heteroatoms. The van der Waals surface area contributed by atoms with Crippen molar-refractivity contribution < 1.29 is 24.5 Å². The lowest BCUT2D eigenvalue weighted by Crippen LogP contribution is -2.00. The number of nitro benzene ring substituents is 2. The first-order valence-corrected chi connectivity index (χ1v) is 9.84. The summed E-state index contributed by atoms with van der Waals surface area (Å²) in [4.78, 5) is 31.8. The van der Waals surface area contributed by atoms with Gasteiger partial charge in [-0.1, -0.05) is 33.7 Å². The van der Waals surface area contributed by atoms with Gasteiger partial charge in [0.2, 0.25) is 0 Å².